The Bertz CT molecular complexity index is 1270. The standard InChI is InChI=1S/C29H43N5O8S/c1-29(2,15-8-16-31-27(37)32-18-26(36)30-3)21-34(43(39,40)25-13-11-24(41-4)12-14-25)19-23(35)17-33-28(38)42-20-22-9-6-5-7-10-22/h5-7,9-14,23,35H,8,15-21H2,1-4H3,(H,30,36)(H,33,38)(H2,31,32,37). The van der Waals surface area contributed by atoms with Gasteiger partial charge in [-0.2, -0.15) is 4.31 Å². The second kappa shape index (κ2) is 17.3. The molecule has 0 aliphatic heterocycles. The van der Waals surface area contributed by atoms with Crippen LogP contribution >= 0.6 is 0 Å². The van der Waals surface area contributed by atoms with Crippen LogP contribution < -0.4 is 26.0 Å². The van der Waals surface area contributed by atoms with Crippen molar-refractivity contribution in [3.05, 3.63) is 60.2 Å². The van der Waals surface area contributed by atoms with Gasteiger partial charge in [0.05, 0.1) is 24.7 Å². The quantitative estimate of drug-likeness (QED) is 0.166. The van der Waals surface area contributed by atoms with E-state index in [0.29, 0.717) is 25.1 Å². The van der Waals surface area contributed by atoms with E-state index in [9.17, 15) is 27.9 Å². The first-order valence-electron chi connectivity index (χ1n) is 13.9. The Hall–Kier alpha value is -3.88. The number of urea groups is 1. The fraction of sp³-hybridized carbons (Fsp3) is 0.483. The van der Waals surface area contributed by atoms with Gasteiger partial charge < -0.3 is 35.8 Å². The van der Waals surface area contributed by atoms with Crippen LogP contribution in [0.25, 0.3) is 0 Å². The number of rotatable bonds is 17. The van der Waals surface area contributed by atoms with E-state index in [0.717, 1.165) is 5.56 Å². The number of sulfonamides is 1. The van der Waals surface area contributed by atoms with Crippen LogP contribution in [0.4, 0.5) is 9.59 Å². The number of methoxy groups -OCH3 is 1. The lowest BCUT2D eigenvalue weighted by Crippen LogP contribution is -2.46. The normalized spacial score (nSPS) is 12.2. The minimum absolute atomic E-state index is 0.0287. The monoisotopic (exact) mass is 621 g/mol. The molecule has 0 saturated heterocycles. The highest BCUT2D eigenvalue weighted by Gasteiger charge is 2.32. The van der Waals surface area contributed by atoms with Gasteiger partial charge in [-0.25, -0.2) is 18.0 Å². The Balaban J connectivity index is 2.01. The van der Waals surface area contributed by atoms with Gasteiger partial charge >= 0.3 is 12.1 Å². The average Bonchev–Trinajstić information content (AvgIpc) is 3.00. The Kier molecular flexibility index (Phi) is 14.2. The lowest BCUT2D eigenvalue weighted by Gasteiger charge is -2.33. The summed E-state index contributed by atoms with van der Waals surface area (Å²) in [5.41, 5.74) is 0.249. The van der Waals surface area contributed by atoms with Crippen molar-refractivity contribution in [2.45, 2.75) is 44.3 Å². The number of aliphatic hydroxyl groups is 1. The Labute approximate surface area is 253 Å². The molecule has 0 saturated carbocycles. The molecule has 0 aromatic heterocycles. The van der Waals surface area contributed by atoms with E-state index in [-0.39, 0.29) is 43.6 Å². The fourth-order valence-electron chi connectivity index (χ4n) is 4.06. The van der Waals surface area contributed by atoms with Crippen LogP contribution in [0.1, 0.15) is 32.3 Å². The maximum atomic E-state index is 13.7. The molecule has 0 fully saturated rings. The number of amides is 4. The number of hydrogen-bond donors (Lipinski definition) is 5. The molecule has 13 nitrogen and oxygen atoms in total. The summed E-state index contributed by atoms with van der Waals surface area (Å²) in [4.78, 5) is 35.3. The molecular weight excluding hydrogens is 578 g/mol. The number of likely N-dealkylation sites (N-methyl/N-ethyl adjacent to an activating group) is 1. The van der Waals surface area contributed by atoms with Crippen molar-refractivity contribution in [2.75, 3.05) is 46.9 Å². The first kappa shape index (κ1) is 35.3. The number of alkyl carbamates (subject to hydrolysis) is 1. The molecule has 1 atom stereocenters. The summed E-state index contributed by atoms with van der Waals surface area (Å²) in [6, 6.07) is 14.6. The Morgan fingerprint density at radius 2 is 1.67 bits per heavy atom. The lowest BCUT2D eigenvalue weighted by molar-refractivity contribution is -0.119. The maximum absolute atomic E-state index is 13.7. The second-order valence-electron chi connectivity index (χ2n) is 10.6. The van der Waals surface area contributed by atoms with E-state index in [2.05, 4.69) is 21.3 Å². The molecule has 1 unspecified atom stereocenters. The number of nitrogens with zero attached hydrogens (tertiary/aromatic N) is 1. The van der Waals surface area contributed by atoms with E-state index in [1.54, 1.807) is 0 Å². The molecule has 2 rings (SSSR count). The third kappa shape index (κ3) is 12.9. The van der Waals surface area contributed by atoms with Crippen molar-refractivity contribution >= 4 is 28.1 Å². The summed E-state index contributed by atoms with van der Waals surface area (Å²) in [6.07, 6.45) is -0.885. The minimum atomic E-state index is -4.04. The SMILES string of the molecule is CNC(=O)CNC(=O)NCCCC(C)(C)CN(CC(O)CNC(=O)OCc1ccccc1)S(=O)(=O)c1ccc(OC)cc1. The first-order chi connectivity index (χ1) is 20.4. The molecule has 238 valence electrons. The fourth-order valence-corrected chi connectivity index (χ4v) is 5.72. The third-order valence-electron chi connectivity index (χ3n) is 6.41. The zero-order chi connectivity index (χ0) is 31.9. The number of ether oxygens (including phenoxy) is 2. The van der Waals surface area contributed by atoms with Crippen LogP contribution in [0.5, 0.6) is 5.75 Å². The van der Waals surface area contributed by atoms with Crippen LogP contribution in [0.2, 0.25) is 0 Å². The topological polar surface area (TPSA) is 175 Å². The van der Waals surface area contributed by atoms with Crippen LogP contribution in [0, 0.1) is 5.41 Å². The lowest BCUT2D eigenvalue weighted by atomic mass is 9.87. The third-order valence-corrected chi connectivity index (χ3v) is 8.24. The molecule has 0 radical (unpaired) electrons. The van der Waals surface area contributed by atoms with Crippen LogP contribution in [0.15, 0.2) is 59.5 Å². The van der Waals surface area contributed by atoms with Gasteiger partial charge in [0.2, 0.25) is 15.9 Å². The summed E-state index contributed by atoms with van der Waals surface area (Å²) >= 11 is 0. The van der Waals surface area contributed by atoms with Gasteiger partial charge in [0.25, 0.3) is 0 Å². The number of carbonyl (C=O) groups is 3. The maximum Gasteiger partial charge on any atom is 0.407 e. The van der Waals surface area contributed by atoms with Gasteiger partial charge in [0.15, 0.2) is 0 Å². The van der Waals surface area contributed by atoms with Crippen LogP contribution in [-0.4, -0.2) is 88.8 Å². The molecule has 14 heteroatoms. The number of benzene rings is 2. The van der Waals surface area contributed by atoms with E-state index >= 15 is 0 Å². The van der Waals surface area contributed by atoms with E-state index in [1.807, 2.05) is 44.2 Å². The molecule has 2 aromatic carbocycles. The number of aliphatic hydroxyl groups excluding tert-OH is 1. The smallest absolute Gasteiger partial charge is 0.407 e. The highest BCUT2D eigenvalue weighted by atomic mass is 32.2. The van der Waals surface area contributed by atoms with Gasteiger partial charge in [0, 0.05) is 33.2 Å². The predicted molar refractivity (Wildman–Crippen MR) is 161 cm³/mol. The summed E-state index contributed by atoms with van der Waals surface area (Å²) < 4.78 is 38.9. The largest absolute Gasteiger partial charge is 0.497 e. The van der Waals surface area contributed by atoms with Gasteiger partial charge in [-0.15, -0.1) is 0 Å². The van der Waals surface area contributed by atoms with Gasteiger partial charge in [0.1, 0.15) is 12.4 Å². The molecule has 2 aromatic rings. The summed E-state index contributed by atoms with van der Waals surface area (Å²) in [5, 5.41) is 20.7. The molecule has 4 amide bonds. The van der Waals surface area contributed by atoms with Crippen molar-refractivity contribution in [3.8, 4) is 5.75 Å². The summed E-state index contributed by atoms with van der Waals surface area (Å²) in [6.45, 7) is 3.55. The number of hydrogen-bond acceptors (Lipinski definition) is 8. The summed E-state index contributed by atoms with van der Waals surface area (Å²) in [5.74, 6) is 0.173. The van der Waals surface area contributed by atoms with E-state index in [1.165, 1.54) is 42.7 Å². The number of nitrogens with one attached hydrogen (secondary N) is 4. The first-order valence-corrected chi connectivity index (χ1v) is 15.3. The van der Waals surface area contributed by atoms with Crippen molar-refractivity contribution in [2.24, 2.45) is 5.41 Å². The molecule has 0 heterocycles. The van der Waals surface area contributed by atoms with Crippen molar-refractivity contribution in [3.63, 3.8) is 0 Å². The van der Waals surface area contributed by atoms with E-state index < -0.39 is 33.7 Å². The van der Waals surface area contributed by atoms with Gasteiger partial charge in [-0.3, -0.25) is 4.79 Å². The zero-order valence-electron chi connectivity index (χ0n) is 25.1. The minimum Gasteiger partial charge on any atom is -0.497 e. The van der Waals surface area contributed by atoms with Crippen molar-refractivity contribution in [1.29, 1.82) is 0 Å². The van der Waals surface area contributed by atoms with Crippen molar-refractivity contribution in [1.82, 2.24) is 25.6 Å². The molecule has 43 heavy (non-hydrogen) atoms. The van der Waals surface area contributed by atoms with E-state index in [4.69, 9.17) is 9.47 Å². The Morgan fingerprint density at radius 1 is 1.00 bits per heavy atom. The molecule has 5 N–H and O–H groups in total. The molecular formula is C29H43N5O8S. The molecule has 0 spiro atoms. The molecule has 0 aliphatic rings. The van der Waals surface area contributed by atoms with Gasteiger partial charge in [-0.1, -0.05) is 44.2 Å². The predicted octanol–water partition coefficient (Wildman–Crippen LogP) is 1.82. The average molecular weight is 622 g/mol. The van der Waals surface area contributed by atoms with Crippen molar-refractivity contribution < 1.29 is 37.4 Å². The molecule has 0 bridgehead atoms. The van der Waals surface area contributed by atoms with Crippen LogP contribution in [0.3, 0.4) is 0 Å². The molecule has 0 aliphatic carbocycles. The Morgan fingerprint density at radius 3 is 2.30 bits per heavy atom. The highest BCUT2D eigenvalue weighted by molar-refractivity contribution is 7.89. The highest BCUT2D eigenvalue weighted by Crippen LogP contribution is 2.28. The van der Waals surface area contributed by atoms with Gasteiger partial charge in [-0.05, 0) is 48.1 Å². The number of carbonyl (C=O) groups excluding carboxylic acids is 3. The second-order valence-corrected chi connectivity index (χ2v) is 12.6. The van der Waals surface area contributed by atoms with Crippen LogP contribution in [-0.2, 0) is 26.2 Å². The zero-order valence-corrected chi connectivity index (χ0v) is 25.9. The summed E-state index contributed by atoms with van der Waals surface area (Å²) in [7, 11) is -1.09.